The van der Waals surface area contributed by atoms with Gasteiger partial charge in [0, 0.05) is 11.6 Å². The molecule has 1 heterocycles. The first-order valence-electron chi connectivity index (χ1n) is 6.62. The molecule has 0 fully saturated rings. The van der Waals surface area contributed by atoms with Gasteiger partial charge in [0.15, 0.2) is 0 Å². The second-order valence-electron chi connectivity index (χ2n) is 4.76. The number of fused-ring (bicyclic) bond motifs is 1. The minimum absolute atomic E-state index is 0.160. The summed E-state index contributed by atoms with van der Waals surface area (Å²) >= 11 is 0. The number of hydrogen-bond donors (Lipinski definition) is 1. The summed E-state index contributed by atoms with van der Waals surface area (Å²) in [5, 5.41) is 10.7. The van der Waals surface area contributed by atoms with Crippen molar-refractivity contribution in [1.29, 1.82) is 0 Å². The Kier molecular flexibility index (Phi) is 3.79. The summed E-state index contributed by atoms with van der Waals surface area (Å²) in [7, 11) is 0. The Morgan fingerprint density at radius 2 is 1.81 bits per heavy atom. The summed E-state index contributed by atoms with van der Waals surface area (Å²) in [6.07, 6.45) is 1.64. The van der Waals surface area contributed by atoms with Gasteiger partial charge in [-0.2, -0.15) is 0 Å². The molecule has 0 aliphatic carbocycles. The van der Waals surface area contributed by atoms with Crippen LogP contribution in [0.5, 0.6) is 5.75 Å². The zero-order chi connectivity index (χ0) is 14.7. The van der Waals surface area contributed by atoms with E-state index in [4.69, 9.17) is 4.74 Å². The van der Waals surface area contributed by atoms with E-state index in [0.717, 1.165) is 16.5 Å². The highest BCUT2D eigenvalue weighted by Gasteiger charge is 2.06. The normalized spacial score (nSPS) is 10.9. The number of ether oxygens (including phenoxy) is 1. The highest BCUT2D eigenvalue weighted by atomic mass is 19.1. The van der Waals surface area contributed by atoms with Gasteiger partial charge in [0.25, 0.3) is 0 Å². The Balaban J connectivity index is 1.74. The van der Waals surface area contributed by atoms with Crippen molar-refractivity contribution in [3.63, 3.8) is 0 Å². The summed E-state index contributed by atoms with van der Waals surface area (Å²) in [6, 6.07) is 13.4. The van der Waals surface area contributed by atoms with Crippen LogP contribution in [0.2, 0.25) is 0 Å². The molecule has 1 N–H and O–H groups in total. The molecule has 1 aromatic heterocycles. The number of benzene rings is 2. The van der Waals surface area contributed by atoms with Crippen molar-refractivity contribution < 1.29 is 14.2 Å². The fraction of sp³-hybridized carbons (Fsp3) is 0.118. The van der Waals surface area contributed by atoms with Crippen molar-refractivity contribution in [2.75, 3.05) is 0 Å². The highest BCUT2D eigenvalue weighted by Crippen LogP contribution is 2.26. The summed E-state index contributed by atoms with van der Waals surface area (Å²) in [5.74, 6) is -0.0952. The molecule has 4 heteroatoms. The van der Waals surface area contributed by atoms with Gasteiger partial charge in [0.1, 0.15) is 17.1 Å². The van der Waals surface area contributed by atoms with Crippen LogP contribution < -0.4 is 0 Å². The van der Waals surface area contributed by atoms with E-state index in [9.17, 15) is 9.50 Å². The molecule has 0 aliphatic rings. The number of halogens is 1. The van der Waals surface area contributed by atoms with Crippen molar-refractivity contribution in [2.24, 2.45) is 0 Å². The van der Waals surface area contributed by atoms with Crippen LogP contribution in [0.25, 0.3) is 10.9 Å². The van der Waals surface area contributed by atoms with Crippen molar-refractivity contribution in [1.82, 2.24) is 4.98 Å². The van der Waals surface area contributed by atoms with E-state index in [1.54, 1.807) is 24.4 Å². The van der Waals surface area contributed by atoms with Gasteiger partial charge in [-0.25, -0.2) is 4.39 Å². The standard InChI is InChI=1S/C17H14FNO2/c18-14-6-3-12(4-7-14)10-21-11-13-5-8-16(20)17-15(13)2-1-9-19-17/h1-9,20H,10-11H2. The molecule has 3 aromatic rings. The molecule has 2 aromatic carbocycles. The van der Waals surface area contributed by atoms with Gasteiger partial charge in [-0.15, -0.1) is 0 Å². The van der Waals surface area contributed by atoms with Crippen molar-refractivity contribution in [3.05, 3.63) is 71.7 Å². The molecule has 0 atom stereocenters. The molecule has 3 rings (SSSR count). The molecule has 21 heavy (non-hydrogen) atoms. The Labute approximate surface area is 121 Å². The number of phenolic OH excluding ortho intramolecular Hbond substituents is 1. The number of aromatic hydroxyl groups is 1. The van der Waals surface area contributed by atoms with Crippen LogP contribution in [-0.4, -0.2) is 10.1 Å². The summed E-state index contributed by atoms with van der Waals surface area (Å²) in [4.78, 5) is 4.17. The number of hydrogen-bond acceptors (Lipinski definition) is 3. The van der Waals surface area contributed by atoms with Crippen LogP contribution in [0.4, 0.5) is 4.39 Å². The summed E-state index contributed by atoms with van der Waals surface area (Å²) in [5.41, 5.74) is 2.44. The molecule has 0 saturated carbocycles. The molecule has 0 bridgehead atoms. The van der Waals surface area contributed by atoms with Gasteiger partial charge >= 0.3 is 0 Å². The van der Waals surface area contributed by atoms with E-state index in [-0.39, 0.29) is 11.6 Å². The molecule has 0 spiro atoms. The Morgan fingerprint density at radius 3 is 2.62 bits per heavy atom. The number of phenols is 1. The predicted molar refractivity (Wildman–Crippen MR) is 78.3 cm³/mol. The lowest BCUT2D eigenvalue weighted by molar-refractivity contribution is 0.108. The zero-order valence-electron chi connectivity index (χ0n) is 11.3. The fourth-order valence-electron chi connectivity index (χ4n) is 2.20. The Hall–Kier alpha value is -2.46. The molecule has 106 valence electrons. The van der Waals surface area contributed by atoms with E-state index >= 15 is 0 Å². The average molecular weight is 283 g/mol. The maximum Gasteiger partial charge on any atom is 0.141 e. The van der Waals surface area contributed by atoms with Gasteiger partial charge in [-0.1, -0.05) is 24.3 Å². The monoisotopic (exact) mass is 283 g/mol. The first-order valence-corrected chi connectivity index (χ1v) is 6.62. The SMILES string of the molecule is Oc1ccc(COCc2ccc(F)cc2)c2cccnc12. The maximum atomic E-state index is 12.8. The Morgan fingerprint density at radius 1 is 1.00 bits per heavy atom. The molecule has 3 nitrogen and oxygen atoms in total. The van der Waals surface area contributed by atoms with Crippen molar-refractivity contribution >= 4 is 10.9 Å². The van der Waals surface area contributed by atoms with E-state index in [1.165, 1.54) is 12.1 Å². The third kappa shape index (κ3) is 3.01. The van der Waals surface area contributed by atoms with Crippen LogP contribution in [0.1, 0.15) is 11.1 Å². The van der Waals surface area contributed by atoms with Gasteiger partial charge < -0.3 is 9.84 Å². The first kappa shape index (κ1) is 13.5. The van der Waals surface area contributed by atoms with Gasteiger partial charge in [0.2, 0.25) is 0 Å². The van der Waals surface area contributed by atoms with Gasteiger partial charge in [0.05, 0.1) is 13.2 Å². The molecule has 0 aliphatic heterocycles. The minimum Gasteiger partial charge on any atom is -0.506 e. The number of nitrogens with zero attached hydrogens (tertiary/aromatic N) is 1. The molecule has 0 saturated heterocycles. The molecule has 0 radical (unpaired) electrons. The number of rotatable bonds is 4. The lowest BCUT2D eigenvalue weighted by atomic mass is 10.1. The number of aromatic nitrogens is 1. The maximum absolute atomic E-state index is 12.8. The summed E-state index contributed by atoms with van der Waals surface area (Å²) in [6.45, 7) is 0.808. The second-order valence-corrected chi connectivity index (χ2v) is 4.76. The van der Waals surface area contributed by atoms with Crippen LogP contribution in [0.3, 0.4) is 0 Å². The smallest absolute Gasteiger partial charge is 0.141 e. The van der Waals surface area contributed by atoms with Crippen LogP contribution >= 0.6 is 0 Å². The van der Waals surface area contributed by atoms with E-state index in [2.05, 4.69) is 4.98 Å². The van der Waals surface area contributed by atoms with E-state index in [1.807, 2.05) is 18.2 Å². The van der Waals surface area contributed by atoms with Crippen molar-refractivity contribution in [3.8, 4) is 5.75 Å². The second kappa shape index (κ2) is 5.89. The van der Waals surface area contributed by atoms with Crippen LogP contribution in [-0.2, 0) is 18.0 Å². The van der Waals surface area contributed by atoms with Crippen LogP contribution in [0.15, 0.2) is 54.7 Å². The third-order valence-electron chi connectivity index (χ3n) is 3.28. The largest absolute Gasteiger partial charge is 0.506 e. The van der Waals surface area contributed by atoms with E-state index in [0.29, 0.717) is 18.7 Å². The topological polar surface area (TPSA) is 42.4 Å². The lowest BCUT2D eigenvalue weighted by Crippen LogP contribution is -1.96. The lowest BCUT2D eigenvalue weighted by Gasteiger charge is -2.08. The minimum atomic E-state index is -0.255. The Bertz CT molecular complexity index is 756. The zero-order valence-corrected chi connectivity index (χ0v) is 11.3. The quantitative estimate of drug-likeness (QED) is 0.792. The third-order valence-corrected chi connectivity index (χ3v) is 3.28. The van der Waals surface area contributed by atoms with Gasteiger partial charge in [-0.05, 0) is 35.4 Å². The first-order chi connectivity index (χ1) is 10.2. The molecule has 0 amide bonds. The van der Waals surface area contributed by atoms with Crippen LogP contribution in [0, 0.1) is 5.82 Å². The fourth-order valence-corrected chi connectivity index (χ4v) is 2.20. The molecular formula is C17H14FNO2. The average Bonchev–Trinajstić information content (AvgIpc) is 2.52. The van der Waals surface area contributed by atoms with Crippen molar-refractivity contribution in [2.45, 2.75) is 13.2 Å². The highest BCUT2D eigenvalue weighted by molar-refractivity contribution is 5.86. The molecular weight excluding hydrogens is 269 g/mol. The van der Waals surface area contributed by atoms with Gasteiger partial charge in [-0.3, -0.25) is 4.98 Å². The van der Waals surface area contributed by atoms with E-state index < -0.39 is 0 Å². The number of pyridine rings is 1. The summed E-state index contributed by atoms with van der Waals surface area (Å²) < 4.78 is 18.5. The predicted octanol–water partition coefficient (Wildman–Crippen LogP) is 3.80. The molecule has 0 unspecified atom stereocenters.